The minimum atomic E-state index is -0.228. The zero-order chi connectivity index (χ0) is 37.3. The van der Waals surface area contributed by atoms with Crippen LogP contribution in [0.2, 0.25) is 0 Å². The van der Waals surface area contributed by atoms with E-state index in [2.05, 4.69) is 179 Å². The van der Waals surface area contributed by atoms with Crippen LogP contribution < -0.4 is 15.0 Å². The van der Waals surface area contributed by atoms with Gasteiger partial charge < -0.3 is 18.7 Å². The molecular formula is C47H42BN5OPt. The molecule has 0 amide bonds. The molecule has 274 valence electrons. The van der Waals surface area contributed by atoms with Crippen molar-refractivity contribution in [2.75, 3.05) is 4.81 Å². The number of hydrogen-bond acceptors (Lipinski definition) is 4. The number of benzene rings is 4. The number of allylic oxidation sites excluding steroid dienone is 1. The summed E-state index contributed by atoms with van der Waals surface area (Å²) in [6, 6.07) is 35.8. The van der Waals surface area contributed by atoms with Crippen molar-refractivity contribution in [1.29, 1.82) is 0 Å². The Morgan fingerprint density at radius 2 is 1.58 bits per heavy atom. The van der Waals surface area contributed by atoms with E-state index in [0.29, 0.717) is 11.5 Å². The van der Waals surface area contributed by atoms with Gasteiger partial charge in [0.25, 0.3) is 6.85 Å². The molecule has 3 aromatic heterocycles. The number of fused-ring (bicyclic) bond motifs is 6. The molecule has 0 atom stereocenters. The summed E-state index contributed by atoms with van der Waals surface area (Å²) in [6.45, 7) is 18.3. The second-order valence-corrected chi connectivity index (χ2v) is 17.1. The van der Waals surface area contributed by atoms with Gasteiger partial charge in [0.15, 0.2) is 0 Å². The molecule has 3 aliphatic rings. The normalized spacial score (nSPS) is 16.1. The predicted octanol–water partition coefficient (Wildman–Crippen LogP) is 9.85. The van der Waals surface area contributed by atoms with Crippen LogP contribution in [0.1, 0.15) is 70.9 Å². The van der Waals surface area contributed by atoms with Crippen LogP contribution in [0.15, 0.2) is 115 Å². The van der Waals surface area contributed by atoms with E-state index in [1.54, 1.807) is 0 Å². The Hall–Kier alpha value is -5.13. The zero-order valence-corrected chi connectivity index (χ0v) is 34.7. The molecular weight excluding hydrogens is 856 g/mol. The molecule has 0 saturated heterocycles. The van der Waals surface area contributed by atoms with E-state index in [1.807, 2.05) is 12.3 Å². The Morgan fingerprint density at radius 3 is 2.36 bits per heavy atom. The summed E-state index contributed by atoms with van der Waals surface area (Å²) < 4.78 is 11.3. The van der Waals surface area contributed by atoms with E-state index >= 15 is 0 Å². The maximum atomic E-state index is 6.69. The van der Waals surface area contributed by atoms with Crippen LogP contribution in [0.4, 0.5) is 5.95 Å². The molecule has 7 aromatic rings. The Morgan fingerprint density at radius 1 is 0.818 bits per heavy atom. The van der Waals surface area contributed by atoms with Gasteiger partial charge in [0, 0.05) is 51.0 Å². The van der Waals surface area contributed by atoms with Crippen LogP contribution in [0.5, 0.6) is 5.75 Å². The van der Waals surface area contributed by atoms with Gasteiger partial charge in [0.1, 0.15) is 11.8 Å². The maximum absolute atomic E-state index is 6.69. The Balaban J connectivity index is 0.00000397. The van der Waals surface area contributed by atoms with Crippen molar-refractivity contribution in [1.82, 2.24) is 19.1 Å². The fourth-order valence-corrected chi connectivity index (χ4v) is 8.86. The van der Waals surface area contributed by atoms with Gasteiger partial charge in [-0.15, -0.1) is 29.6 Å². The molecule has 0 saturated carbocycles. The fraction of sp³-hybridized carbons (Fsp3) is 0.234. The van der Waals surface area contributed by atoms with Gasteiger partial charge in [-0.2, -0.15) is 6.07 Å². The largest absolute Gasteiger partial charge is 2.00 e. The van der Waals surface area contributed by atoms with Crippen LogP contribution in [0.3, 0.4) is 0 Å². The molecule has 6 nitrogen and oxygen atoms in total. The van der Waals surface area contributed by atoms with Crippen LogP contribution in [0, 0.1) is 19.2 Å². The summed E-state index contributed by atoms with van der Waals surface area (Å²) in [7, 11) is 0. The molecule has 0 unspecified atom stereocenters. The third-order valence-corrected chi connectivity index (χ3v) is 12.5. The van der Waals surface area contributed by atoms with Crippen LogP contribution in [0.25, 0.3) is 44.6 Å². The molecule has 4 aromatic carbocycles. The van der Waals surface area contributed by atoms with E-state index in [4.69, 9.17) is 14.7 Å². The van der Waals surface area contributed by atoms with Crippen molar-refractivity contribution in [3.63, 3.8) is 0 Å². The summed E-state index contributed by atoms with van der Waals surface area (Å²) in [5.41, 5.74) is 11.3. The van der Waals surface area contributed by atoms with Gasteiger partial charge in [-0.1, -0.05) is 126 Å². The number of pyridine rings is 1. The van der Waals surface area contributed by atoms with E-state index < -0.39 is 0 Å². The standard InChI is InChI=1S/C47H42BN5O.Pt/c1-29-18-21-36-42-40(29)48-24-22-33(28-51(48)44-50-41(30-14-10-9-11-15-30)43(53(42)44)47(7,8)46(36,5)6)54-32-19-20-35-34-16-12-13-17-37(34)52(38(35)27-32)39-26-31(23-25-49-39)45(2,3)4;/h9-26H,1-8H3;/q-2;+2. The molecule has 55 heavy (non-hydrogen) atoms. The summed E-state index contributed by atoms with van der Waals surface area (Å²) in [5.74, 6) is 5.16. The molecule has 3 aliphatic heterocycles. The molecule has 10 rings (SSSR count). The summed E-state index contributed by atoms with van der Waals surface area (Å²) in [5, 5.41) is 2.25. The fourth-order valence-electron chi connectivity index (χ4n) is 8.86. The topological polar surface area (TPSA) is 48.1 Å². The van der Waals surface area contributed by atoms with E-state index in [-0.39, 0.29) is 44.2 Å². The Kier molecular flexibility index (Phi) is 7.88. The average molecular weight is 899 g/mol. The molecule has 0 radical (unpaired) electrons. The van der Waals surface area contributed by atoms with Gasteiger partial charge in [0.05, 0.1) is 5.69 Å². The minimum Gasteiger partial charge on any atom is -0.508 e. The number of ether oxygens (including phenoxy) is 1. The van der Waals surface area contributed by atoms with E-state index in [9.17, 15) is 0 Å². The molecule has 0 spiro atoms. The van der Waals surface area contributed by atoms with E-state index in [0.717, 1.165) is 44.8 Å². The van der Waals surface area contributed by atoms with Crippen molar-refractivity contribution in [2.24, 2.45) is 0 Å². The quantitative estimate of drug-likeness (QED) is 0.131. The number of rotatable bonds is 4. The number of para-hydroxylation sites is 1. The van der Waals surface area contributed by atoms with Gasteiger partial charge in [-0.05, 0) is 52.5 Å². The molecule has 0 aliphatic carbocycles. The Bertz CT molecular complexity index is 2770. The summed E-state index contributed by atoms with van der Waals surface area (Å²) in [4.78, 5) is 12.5. The Labute approximate surface area is 337 Å². The zero-order valence-electron chi connectivity index (χ0n) is 32.4. The van der Waals surface area contributed by atoms with Gasteiger partial charge in [0.2, 0.25) is 0 Å². The van der Waals surface area contributed by atoms with Crippen LogP contribution in [-0.2, 0) is 37.3 Å². The van der Waals surface area contributed by atoms with Crippen molar-refractivity contribution >= 4 is 40.1 Å². The summed E-state index contributed by atoms with van der Waals surface area (Å²) in [6.07, 6.45) is 7.63. The third kappa shape index (κ3) is 5.05. The van der Waals surface area contributed by atoms with Gasteiger partial charge in [-0.3, -0.25) is 4.98 Å². The monoisotopic (exact) mass is 898 g/mol. The molecule has 0 N–H and O–H groups in total. The number of anilines is 1. The second kappa shape index (κ2) is 12.2. The third-order valence-electron chi connectivity index (χ3n) is 12.5. The van der Waals surface area contributed by atoms with Gasteiger partial charge in [-0.25, -0.2) is 4.98 Å². The van der Waals surface area contributed by atoms with Crippen molar-refractivity contribution in [3.8, 4) is 28.5 Å². The molecule has 8 heteroatoms. The average Bonchev–Trinajstić information content (AvgIpc) is 3.72. The first-order valence-electron chi connectivity index (χ1n) is 18.9. The van der Waals surface area contributed by atoms with Crippen molar-refractivity contribution < 1.29 is 25.8 Å². The number of hydrogen-bond donors (Lipinski definition) is 0. The van der Waals surface area contributed by atoms with Crippen LogP contribution >= 0.6 is 0 Å². The first-order valence-corrected chi connectivity index (χ1v) is 18.9. The number of aryl methyl sites for hydroxylation is 1. The first kappa shape index (κ1) is 35.6. The van der Waals surface area contributed by atoms with Crippen LogP contribution in [-0.4, -0.2) is 25.9 Å². The minimum absolute atomic E-state index is 0. The smallest absolute Gasteiger partial charge is 0.508 e. The maximum Gasteiger partial charge on any atom is 2.00 e. The second-order valence-electron chi connectivity index (χ2n) is 17.1. The van der Waals surface area contributed by atoms with Gasteiger partial charge >= 0.3 is 21.1 Å². The number of aromatic nitrogens is 4. The summed E-state index contributed by atoms with van der Waals surface area (Å²) >= 11 is 0. The molecule has 6 heterocycles. The number of imidazole rings is 1. The molecule has 0 fully saturated rings. The predicted molar refractivity (Wildman–Crippen MR) is 220 cm³/mol. The number of nitrogens with zero attached hydrogens (tertiary/aromatic N) is 5. The van der Waals surface area contributed by atoms with Crippen molar-refractivity contribution in [3.05, 3.63) is 150 Å². The molecule has 0 bridgehead atoms. The van der Waals surface area contributed by atoms with Crippen molar-refractivity contribution in [2.45, 2.75) is 71.6 Å². The SMILES string of the molecule is Cc1ccc2c3c1B1C=CC(Oc4[c-]c5c(cc4)c4ccccc4n5-c4cc(C(C)(C)C)ccn4)=[C-]N1c1nc(-c4ccccc4)c(n1-3)C(C)(C)C2(C)C.[Pt+2]. The van der Waals surface area contributed by atoms with E-state index in [1.165, 1.54) is 33.5 Å². The first-order chi connectivity index (χ1) is 25.8.